The lowest BCUT2D eigenvalue weighted by Gasteiger charge is -2.26. The number of likely N-dealkylation sites (N-methyl/N-ethyl adjacent to an activating group) is 1. The highest BCUT2D eigenvalue weighted by Gasteiger charge is 2.35. The summed E-state index contributed by atoms with van der Waals surface area (Å²) < 4.78 is 0. The van der Waals surface area contributed by atoms with Gasteiger partial charge in [-0.25, -0.2) is 9.78 Å². The highest BCUT2D eigenvalue weighted by atomic mass is 35.5. The zero-order chi connectivity index (χ0) is 14.3. The smallest absolute Gasteiger partial charge is 0.356 e. The van der Waals surface area contributed by atoms with E-state index in [1.54, 1.807) is 6.07 Å². The van der Waals surface area contributed by atoms with Crippen LogP contribution in [0.5, 0.6) is 0 Å². The number of carboxylic acids is 1. The first-order valence-electron chi connectivity index (χ1n) is 6.93. The first-order chi connectivity index (χ1) is 9.56. The Bertz CT molecular complexity index is 537. The molecule has 0 radical (unpaired) electrons. The van der Waals surface area contributed by atoms with Crippen LogP contribution >= 0.6 is 11.6 Å². The van der Waals surface area contributed by atoms with Gasteiger partial charge in [0.25, 0.3) is 0 Å². The van der Waals surface area contributed by atoms with E-state index in [4.69, 9.17) is 16.7 Å². The van der Waals surface area contributed by atoms with Crippen molar-refractivity contribution >= 4 is 23.4 Å². The van der Waals surface area contributed by atoms with Gasteiger partial charge in [0.05, 0.1) is 5.02 Å². The Labute approximate surface area is 123 Å². The van der Waals surface area contributed by atoms with Gasteiger partial charge in [-0.3, -0.25) is 4.90 Å². The van der Waals surface area contributed by atoms with E-state index in [-0.39, 0.29) is 10.7 Å². The highest BCUT2D eigenvalue weighted by Crippen LogP contribution is 2.30. The minimum absolute atomic E-state index is 0.0630. The molecule has 2 atom stereocenters. The van der Waals surface area contributed by atoms with Gasteiger partial charge >= 0.3 is 5.97 Å². The van der Waals surface area contributed by atoms with Crippen LogP contribution in [0, 0.1) is 0 Å². The minimum atomic E-state index is -1.08. The predicted molar refractivity (Wildman–Crippen MR) is 77.6 cm³/mol. The molecule has 0 saturated carbocycles. The van der Waals surface area contributed by atoms with Crippen molar-refractivity contribution in [1.82, 2.24) is 9.88 Å². The van der Waals surface area contributed by atoms with Gasteiger partial charge in [0.1, 0.15) is 5.82 Å². The summed E-state index contributed by atoms with van der Waals surface area (Å²) in [5, 5.41) is 9.31. The van der Waals surface area contributed by atoms with Crippen LogP contribution < -0.4 is 4.90 Å². The average molecular weight is 296 g/mol. The molecule has 2 aliphatic heterocycles. The third-order valence-corrected chi connectivity index (χ3v) is 4.81. The fraction of sp³-hybridized carbons (Fsp3) is 0.571. The number of rotatable bonds is 2. The van der Waals surface area contributed by atoms with Gasteiger partial charge in [0.15, 0.2) is 5.69 Å². The SMILES string of the molecule is CN1C2CCC1CN(c1ccc(Cl)c(C(=O)O)n1)CC2. The van der Waals surface area contributed by atoms with Crippen LogP contribution in [0.1, 0.15) is 29.8 Å². The van der Waals surface area contributed by atoms with Gasteiger partial charge in [-0.05, 0) is 38.4 Å². The number of anilines is 1. The fourth-order valence-electron chi connectivity index (χ4n) is 3.27. The molecular weight excluding hydrogens is 278 g/mol. The molecule has 1 aromatic heterocycles. The van der Waals surface area contributed by atoms with Crippen molar-refractivity contribution in [1.29, 1.82) is 0 Å². The largest absolute Gasteiger partial charge is 0.476 e. The Morgan fingerprint density at radius 2 is 2.10 bits per heavy atom. The summed E-state index contributed by atoms with van der Waals surface area (Å²) in [5.41, 5.74) is -0.0630. The lowest BCUT2D eigenvalue weighted by molar-refractivity contribution is 0.0691. The van der Waals surface area contributed by atoms with Crippen LogP contribution in [0.3, 0.4) is 0 Å². The molecule has 3 rings (SSSR count). The Morgan fingerprint density at radius 3 is 2.85 bits per heavy atom. The molecule has 0 spiro atoms. The summed E-state index contributed by atoms with van der Waals surface area (Å²) in [6, 6.07) is 4.62. The fourth-order valence-corrected chi connectivity index (χ4v) is 3.46. The molecule has 0 aromatic carbocycles. The summed E-state index contributed by atoms with van der Waals surface area (Å²) in [5.74, 6) is -0.363. The third kappa shape index (κ3) is 2.36. The Morgan fingerprint density at radius 1 is 1.35 bits per heavy atom. The second-order valence-electron chi connectivity index (χ2n) is 5.59. The second-order valence-corrected chi connectivity index (χ2v) is 6.00. The van der Waals surface area contributed by atoms with E-state index in [0.717, 1.165) is 19.5 Å². The van der Waals surface area contributed by atoms with Crippen molar-refractivity contribution < 1.29 is 9.90 Å². The van der Waals surface area contributed by atoms with E-state index < -0.39 is 5.97 Å². The lowest BCUT2D eigenvalue weighted by Crippen LogP contribution is -2.37. The van der Waals surface area contributed by atoms with E-state index in [9.17, 15) is 4.79 Å². The number of nitrogens with zero attached hydrogens (tertiary/aromatic N) is 3. The molecule has 108 valence electrons. The van der Waals surface area contributed by atoms with Crippen LogP contribution in [0.2, 0.25) is 5.02 Å². The highest BCUT2D eigenvalue weighted by molar-refractivity contribution is 6.33. The summed E-state index contributed by atoms with van der Waals surface area (Å²) >= 11 is 5.88. The molecule has 6 heteroatoms. The number of carboxylic acid groups (broad SMARTS) is 1. The van der Waals surface area contributed by atoms with Gasteiger partial charge in [-0.15, -0.1) is 0 Å². The van der Waals surface area contributed by atoms with E-state index in [2.05, 4.69) is 21.8 Å². The predicted octanol–water partition coefficient (Wildman–Crippen LogP) is 2.11. The Kier molecular flexibility index (Phi) is 3.56. The second kappa shape index (κ2) is 5.22. The maximum absolute atomic E-state index is 11.1. The van der Waals surface area contributed by atoms with Crippen molar-refractivity contribution in [2.45, 2.75) is 31.3 Å². The topological polar surface area (TPSA) is 56.7 Å². The molecule has 2 bridgehead atoms. The summed E-state index contributed by atoms with van der Waals surface area (Å²) in [6.45, 7) is 1.82. The molecular formula is C14H18ClN3O2. The molecule has 20 heavy (non-hydrogen) atoms. The third-order valence-electron chi connectivity index (χ3n) is 4.51. The summed E-state index contributed by atoms with van der Waals surface area (Å²) in [6.07, 6.45) is 3.57. The van der Waals surface area contributed by atoms with Crippen molar-refractivity contribution in [2.75, 3.05) is 25.0 Å². The number of fused-ring (bicyclic) bond motifs is 2. The van der Waals surface area contributed by atoms with E-state index >= 15 is 0 Å². The van der Waals surface area contributed by atoms with Crippen molar-refractivity contribution in [3.8, 4) is 0 Å². The molecule has 2 aliphatic rings. The Hall–Kier alpha value is -1.33. The molecule has 5 nitrogen and oxygen atoms in total. The quantitative estimate of drug-likeness (QED) is 0.905. The van der Waals surface area contributed by atoms with E-state index in [1.807, 2.05) is 6.07 Å². The number of aromatic carboxylic acids is 1. The Balaban J connectivity index is 1.86. The van der Waals surface area contributed by atoms with E-state index in [1.165, 1.54) is 12.8 Å². The number of hydrogen-bond acceptors (Lipinski definition) is 4. The van der Waals surface area contributed by atoms with Crippen molar-refractivity contribution in [3.05, 3.63) is 22.8 Å². The minimum Gasteiger partial charge on any atom is -0.476 e. The van der Waals surface area contributed by atoms with Gasteiger partial charge in [-0.1, -0.05) is 11.6 Å². The van der Waals surface area contributed by atoms with E-state index in [0.29, 0.717) is 17.9 Å². The van der Waals surface area contributed by atoms with Gasteiger partial charge in [-0.2, -0.15) is 0 Å². The zero-order valence-corrected chi connectivity index (χ0v) is 12.2. The molecule has 2 saturated heterocycles. The molecule has 1 aromatic rings. The first kappa shape index (κ1) is 13.6. The van der Waals surface area contributed by atoms with Crippen molar-refractivity contribution in [3.63, 3.8) is 0 Å². The number of hydrogen-bond donors (Lipinski definition) is 1. The number of carbonyl (C=O) groups is 1. The standard InChI is InChI=1S/C14H18ClN3O2/c1-17-9-2-3-10(17)8-18(7-6-9)12-5-4-11(15)13(16-12)14(19)20/h4-5,9-10H,2-3,6-8H2,1H3,(H,19,20). The number of pyridine rings is 1. The molecule has 2 fully saturated rings. The maximum Gasteiger partial charge on any atom is 0.356 e. The van der Waals surface area contributed by atoms with Crippen LogP contribution in [0.25, 0.3) is 0 Å². The molecule has 0 aliphatic carbocycles. The maximum atomic E-state index is 11.1. The molecule has 3 heterocycles. The van der Waals surface area contributed by atoms with Gasteiger partial charge in [0.2, 0.25) is 0 Å². The molecule has 0 amide bonds. The van der Waals surface area contributed by atoms with Crippen molar-refractivity contribution in [2.24, 2.45) is 0 Å². The molecule has 1 N–H and O–H groups in total. The van der Waals surface area contributed by atoms with Crippen LogP contribution in [-0.2, 0) is 0 Å². The van der Waals surface area contributed by atoms with Crippen LogP contribution in [0.15, 0.2) is 12.1 Å². The molecule has 2 unspecified atom stereocenters. The summed E-state index contributed by atoms with van der Waals surface area (Å²) in [7, 11) is 2.18. The van der Waals surface area contributed by atoms with Crippen LogP contribution in [0.4, 0.5) is 5.82 Å². The van der Waals surface area contributed by atoms with Gasteiger partial charge in [0, 0.05) is 25.2 Å². The first-order valence-corrected chi connectivity index (χ1v) is 7.31. The number of aromatic nitrogens is 1. The average Bonchev–Trinajstić information content (AvgIpc) is 2.64. The monoisotopic (exact) mass is 295 g/mol. The summed E-state index contributed by atoms with van der Waals surface area (Å²) in [4.78, 5) is 20.0. The zero-order valence-electron chi connectivity index (χ0n) is 11.4. The number of halogens is 1. The lowest BCUT2D eigenvalue weighted by atomic mass is 10.1. The normalized spacial score (nSPS) is 26.6. The van der Waals surface area contributed by atoms with Crippen LogP contribution in [-0.4, -0.2) is 53.2 Å². The van der Waals surface area contributed by atoms with Gasteiger partial charge < -0.3 is 10.0 Å².